The average molecular weight is 301 g/mol. The topological polar surface area (TPSA) is 188 Å². The second-order valence-corrected chi connectivity index (χ2v) is 4.02. The highest BCUT2D eigenvalue weighted by Gasteiger charge is 2.25. The molecule has 1 aromatic heterocycles. The van der Waals surface area contributed by atoms with Crippen LogP contribution in [0.15, 0.2) is 18.2 Å². The van der Waals surface area contributed by atoms with Gasteiger partial charge in [-0.3, -0.25) is 20.2 Å². The molecule has 0 aliphatic carbocycles. The maximum absolute atomic E-state index is 11.1. The van der Waals surface area contributed by atoms with Crippen LogP contribution in [0.25, 0.3) is 11.3 Å². The van der Waals surface area contributed by atoms with Gasteiger partial charge < -0.3 is 11.5 Å². The van der Waals surface area contributed by atoms with Crippen molar-refractivity contribution in [3.8, 4) is 17.3 Å². The van der Waals surface area contributed by atoms with Crippen molar-refractivity contribution in [2.45, 2.75) is 0 Å². The van der Waals surface area contributed by atoms with Crippen molar-refractivity contribution in [3.05, 3.63) is 44.0 Å². The smallest absolute Gasteiger partial charge is 0.285 e. The second kappa shape index (κ2) is 5.29. The minimum Gasteiger partial charge on any atom is -0.382 e. The molecule has 0 fully saturated rings. The first-order chi connectivity index (χ1) is 10.3. The number of nitriles is 1. The molecule has 2 aromatic rings. The predicted octanol–water partition coefficient (Wildman–Crippen LogP) is 0.996. The number of rotatable bonds is 3. The van der Waals surface area contributed by atoms with Crippen LogP contribution in [0.2, 0.25) is 0 Å². The molecule has 0 bridgehead atoms. The minimum atomic E-state index is -0.821. The summed E-state index contributed by atoms with van der Waals surface area (Å²) in [6, 6.07) is 4.66. The van der Waals surface area contributed by atoms with Crippen molar-refractivity contribution >= 4 is 23.1 Å². The van der Waals surface area contributed by atoms with Gasteiger partial charge in [0.25, 0.3) is 11.4 Å². The number of nitrogens with two attached hydrogens (primary N) is 2. The molecule has 2 rings (SSSR count). The highest BCUT2D eigenvalue weighted by molar-refractivity contribution is 5.80. The van der Waals surface area contributed by atoms with Crippen LogP contribution in [-0.2, 0) is 0 Å². The Bertz CT molecular complexity index is 843. The molecule has 0 amide bonds. The Balaban J connectivity index is 2.81. The van der Waals surface area contributed by atoms with E-state index in [-0.39, 0.29) is 28.6 Å². The number of aromatic nitrogens is 2. The van der Waals surface area contributed by atoms with Crippen molar-refractivity contribution in [1.29, 1.82) is 5.26 Å². The number of nitrogen functional groups attached to an aromatic ring is 2. The zero-order valence-electron chi connectivity index (χ0n) is 10.8. The number of nitrogens with zero attached hydrogens (tertiary/aromatic N) is 5. The highest BCUT2D eigenvalue weighted by atomic mass is 16.6. The van der Waals surface area contributed by atoms with Crippen LogP contribution < -0.4 is 11.5 Å². The summed E-state index contributed by atoms with van der Waals surface area (Å²) in [5, 5.41) is 30.9. The molecule has 0 unspecified atom stereocenters. The van der Waals surface area contributed by atoms with Crippen molar-refractivity contribution in [2.24, 2.45) is 0 Å². The molecule has 0 radical (unpaired) electrons. The number of nitro benzene ring substituents is 2. The number of nitro groups is 2. The van der Waals surface area contributed by atoms with E-state index >= 15 is 0 Å². The van der Waals surface area contributed by atoms with Gasteiger partial charge in [-0.2, -0.15) is 10.2 Å². The van der Waals surface area contributed by atoms with Gasteiger partial charge in [0.05, 0.1) is 21.5 Å². The van der Waals surface area contributed by atoms with Crippen LogP contribution in [0, 0.1) is 31.6 Å². The fourth-order valence-corrected chi connectivity index (χ4v) is 1.79. The zero-order chi connectivity index (χ0) is 16.4. The lowest BCUT2D eigenvalue weighted by molar-refractivity contribution is -0.393. The van der Waals surface area contributed by atoms with Crippen LogP contribution in [0.3, 0.4) is 0 Å². The Morgan fingerprint density at radius 3 is 2.36 bits per heavy atom. The van der Waals surface area contributed by atoms with Gasteiger partial charge in [0.2, 0.25) is 5.95 Å². The first kappa shape index (κ1) is 14.6. The van der Waals surface area contributed by atoms with Gasteiger partial charge in [-0.25, -0.2) is 4.98 Å². The molecule has 0 spiro atoms. The fourth-order valence-electron chi connectivity index (χ4n) is 1.79. The van der Waals surface area contributed by atoms with Gasteiger partial charge in [0.15, 0.2) is 0 Å². The molecule has 0 aliphatic heterocycles. The molecule has 0 atom stereocenters. The molecule has 0 saturated carbocycles. The first-order valence-corrected chi connectivity index (χ1v) is 5.61. The summed E-state index contributed by atoms with van der Waals surface area (Å²) in [6.07, 6.45) is 0. The number of anilines is 2. The van der Waals surface area contributed by atoms with Crippen molar-refractivity contribution in [2.75, 3.05) is 11.5 Å². The zero-order valence-corrected chi connectivity index (χ0v) is 10.8. The monoisotopic (exact) mass is 301 g/mol. The standard InChI is InChI=1S/C11H7N7O4/c12-4-7-9(15-11(14)16-10(7)13)6-2-1-5(17(19)20)3-8(6)18(21)22/h1-3H,(H4,13,14,15,16). The van der Waals surface area contributed by atoms with E-state index in [0.29, 0.717) is 0 Å². The molecular weight excluding hydrogens is 294 g/mol. The van der Waals surface area contributed by atoms with Crippen LogP contribution in [0.1, 0.15) is 5.56 Å². The molecule has 11 heteroatoms. The van der Waals surface area contributed by atoms with E-state index in [4.69, 9.17) is 16.7 Å². The lowest BCUT2D eigenvalue weighted by Gasteiger charge is -2.07. The summed E-state index contributed by atoms with van der Waals surface area (Å²) in [5.41, 5.74) is 9.44. The molecule has 4 N–H and O–H groups in total. The summed E-state index contributed by atoms with van der Waals surface area (Å²) < 4.78 is 0. The van der Waals surface area contributed by atoms with E-state index in [9.17, 15) is 20.2 Å². The average Bonchev–Trinajstić information content (AvgIpc) is 2.45. The van der Waals surface area contributed by atoms with Crippen molar-refractivity contribution in [1.82, 2.24) is 9.97 Å². The van der Waals surface area contributed by atoms with Crippen LogP contribution in [0.5, 0.6) is 0 Å². The lowest BCUT2D eigenvalue weighted by Crippen LogP contribution is -2.06. The van der Waals surface area contributed by atoms with Gasteiger partial charge in [0, 0.05) is 6.07 Å². The second-order valence-electron chi connectivity index (χ2n) is 4.02. The third-order valence-electron chi connectivity index (χ3n) is 2.71. The van der Waals surface area contributed by atoms with Crippen molar-refractivity contribution < 1.29 is 9.85 Å². The molecule has 22 heavy (non-hydrogen) atoms. The molecule has 0 saturated heterocycles. The van der Waals surface area contributed by atoms with Crippen LogP contribution in [-0.4, -0.2) is 19.8 Å². The normalized spacial score (nSPS) is 9.95. The third-order valence-corrected chi connectivity index (χ3v) is 2.71. The third kappa shape index (κ3) is 2.43. The number of hydrogen-bond donors (Lipinski definition) is 2. The Morgan fingerprint density at radius 2 is 1.82 bits per heavy atom. The summed E-state index contributed by atoms with van der Waals surface area (Å²) in [6.45, 7) is 0. The maximum Gasteiger partial charge on any atom is 0.285 e. The van der Waals surface area contributed by atoms with E-state index in [1.807, 2.05) is 0 Å². The highest BCUT2D eigenvalue weighted by Crippen LogP contribution is 2.35. The van der Waals surface area contributed by atoms with Gasteiger partial charge in [-0.15, -0.1) is 0 Å². The predicted molar refractivity (Wildman–Crippen MR) is 74.3 cm³/mol. The Morgan fingerprint density at radius 1 is 1.14 bits per heavy atom. The van der Waals surface area contributed by atoms with E-state index in [1.54, 1.807) is 6.07 Å². The summed E-state index contributed by atoms with van der Waals surface area (Å²) in [7, 11) is 0. The van der Waals surface area contributed by atoms with Crippen LogP contribution >= 0.6 is 0 Å². The first-order valence-electron chi connectivity index (χ1n) is 5.61. The SMILES string of the molecule is N#Cc1c(N)nc(N)nc1-c1ccc([N+](=O)[O-])cc1[N+](=O)[O-]. The molecule has 110 valence electrons. The van der Waals surface area contributed by atoms with Gasteiger partial charge in [0.1, 0.15) is 23.1 Å². The molecular formula is C11H7N7O4. The summed E-state index contributed by atoms with van der Waals surface area (Å²) >= 11 is 0. The Labute approximate surface area is 122 Å². The lowest BCUT2D eigenvalue weighted by atomic mass is 10.0. The Kier molecular flexibility index (Phi) is 3.51. The van der Waals surface area contributed by atoms with Crippen LogP contribution in [0.4, 0.5) is 23.1 Å². The van der Waals surface area contributed by atoms with E-state index in [0.717, 1.165) is 18.2 Å². The Hall–Kier alpha value is -3.81. The largest absolute Gasteiger partial charge is 0.382 e. The molecule has 11 nitrogen and oxygen atoms in total. The number of benzene rings is 1. The van der Waals surface area contributed by atoms with Crippen molar-refractivity contribution in [3.63, 3.8) is 0 Å². The maximum atomic E-state index is 11.1. The number of non-ortho nitro benzene ring substituents is 1. The molecule has 1 heterocycles. The quantitative estimate of drug-likeness (QED) is 0.615. The van der Waals surface area contributed by atoms with E-state index in [2.05, 4.69) is 9.97 Å². The minimum absolute atomic E-state index is 0.118. The van der Waals surface area contributed by atoms with Gasteiger partial charge in [-0.1, -0.05) is 0 Å². The summed E-state index contributed by atoms with van der Waals surface area (Å²) in [4.78, 5) is 27.6. The molecule has 1 aromatic carbocycles. The van der Waals surface area contributed by atoms with Gasteiger partial charge >= 0.3 is 0 Å². The number of hydrogen-bond acceptors (Lipinski definition) is 9. The van der Waals surface area contributed by atoms with E-state index in [1.165, 1.54) is 0 Å². The van der Waals surface area contributed by atoms with Gasteiger partial charge in [-0.05, 0) is 6.07 Å². The molecule has 0 aliphatic rings. The summed E-state index contributed by atoms with van der Waals surface area (Å²) in [5.74, 6) is -0.517. The van der Waals surface area contributed by atoms with E-state index < -0.39 is 21.2 Å². The fraction of sp³-hybridized carbons (Fsp3) is 0.